The van der Waals surface area contributed by atoms with Crippen LogP contribution in [0, 0.1) is 26.6 Å². The summed E-state index contributed by atoms with van der Waals surface area (Å²) in [5.74, 6) is -0.376. The topological polar surface area (TPSA) is 37.4 Å². The van der Waals surface area contributed by atoms with Crippen molar-refractivity contribution >= 4 is 85.9 Å². The van der Waals surface area contributed by atoms with Gasteiger partial charge in [0.05, 0.1) is 28.3 Å². The summed E-state index contributed by atoms with van der Waals surface area (Å²) in [6.45, 7) is 20.4. The van der Waals surface area contributed by atoms with Gasteiger partial charge in [0, 0.05) is 51.4 Å². The van der Waals surface area contributed by atoms with Gasteiger partial charge in [-0.05, 0) is 202 Å². The second-order valence-corrected chi connectivity index (χ2v) is 24.1. The predicted octanol–water partition coefficient (Wildman–Crippen LogP) is 17.0. The van der Waals surface area contributed by atoms with Crippen molar-refractivity contribution in [3.63, 3.8) is 0 Å². The molecule has 2 heterocycles. The highest BCUT2D eigenvalue weighted by Crippen LogP contribution is 2.53. The van der Waals surface area contributed by atoms with Gasteiger partial charge in [0.25, 0.3) is 0 Å². The van der Waals surface area contributed by atoms with E-state index >= 15 is 4.39 Å². The van der Waals surface area contributed by atoms with Crippen LogP contribution < -0.4 is 26.1 Å². The Kier molecular flexibility index (Phi) is 12.3. The van der Waals surface area contributed by atoms with E-state index in [1.54, 1.807) is 6.07 Å². The monoisotopic (exact) mass is 996 g/mol. The molecule has 0 amide bonds. The summed E-state index contributed by atoms with van der Waals surface area (Å²) in [5, 5.41) is 3.43. The van der Waals surface area contributed by atoms with Crippen molar-refractivity contribution in [2.24, 2.45) is 0 Å². The molecule has 11 rings (SSSR count). The van der Waals surface area contributed by atoms with Gasteiger partial charge in [-0.1, -0.05) is 108 Å². The largest absolute Gasteiger partial charge is 0.399 e. The summed E-state index contributed by atoms with van der Waals surface area (Å²) in [6, 6.07) is 43.9. The normalized spacial score (nSPS) is 14.4. The molecule has 4 nitrogen and oxygen atoms in total. The van der Waals surface area contributed by atoms with E-state index < -0.39 is 0 Å². The summed E-state index contributed by atoms with van der Waals surface area (Å²) >= 11 is 0. The molecule has 2 atom stereocenters. The van der Waals surface area contributed by atoms with Gasteiger partial charge in [-0.15, -0.1) is 18.5 Å². The SMILES string of the molecule is Cc1cc(C)c(C(C)(C)C)cc1N(c1cc(N)cc(F)c1)c1cc(-n2c3c(c4cc(-c5ccccc5)ccc42)C=C(C2=CC=CCC2)CC3)cc2c1Cc1cc(C)c(C(C)(C)C)cc1N2c1cc(P)cc(P)c1. The van der Waals surface area contributed by atoms with Gasteiger partial charge >= 0.3 is 0 Å². The number of nitrogens with two attached hydrogens (primary N) is 1. The fourth-order valence-corrected chi connectivity index (χ4v) is 13.1. The average Bonchev–Trinajstić information content (AvgIpc) is 3.66. The van der Waals surface area contributed by atoms with Crippen molar-refractivity contribution in [2.45, 2.75) is 105 Å². The maximum Gasteiger partial charge on any atom is 0.127 e. The highest BCUT2D eigenvalue weighted by molar-refractivity contribution is 7.29. The molecular formula is C66H67FN4P2. The Morgan fingerprint density at radius 2 is 1.36 bits per heavy atom. The molecule has 2 aliphatic carbocycles. The Morgan fingerprint density at radius 1 is 0.630 bits per heavy atom. The summed E-state index contributed by atoms with van der Waals surface area (Å²) in [6.07, 6.45) is 13.9. The molecular weight excluding hydrogens is 930 g/mol. The van der Waals surface area contributed by atoms with E-state index in [2.05, 4.69) is 223 Å². The number of aryl methyl sites for hydroxylation is 3. The lowest BCUT2D eigenvalue weighted by Crippen LogP contribution is -2.25. The van der Waals surface area contributed by atoms with Crippen LogP contribution in [-0.2, 0) is 23.7 Å². The predicted molar refractivity (Wildman–Crippen MR) is 318 cm³/mol. The Bertz CT molecular complexity index is 3610. The Balaban J connectivity index is 1.29. The number of nitrogens with zero attached hydrogens (tertiary/aromatic N) is 3. The zero-order chi connectivity index (χ0) is 51.2. The molecule has 2 N–H and O–H groups in total. The van der Waals surface area contributed by atoms with Crippen LogP contribution >= 0.6 is 18.5 Å². The highest BCUT2D eigenvalue weighted by atomic mass is 31.0. The number of aromatic nitrogens is 1. The Hall–Kier alpha value is -6.51. The van der Waals surface area contributed by atoms with Gasteiger partial charge in [0.2, 0.25) is 0 Å². The van der Waals surface area contributed by atoms with Crippen LogP contribution in [0.3, 0.4) is 0 Å². The average molecular weight is 997 g/mol. The number of rotatable bonds is 7. The first-order chi connectivity index (χ1) is 34.8. The first-order valence-corrected chi connectivity index (χ1v) is 27.0. The molecule has 73 heavy (non-hydrogen) atoms. The minimum absolute atomic E-state index is 0.0911. The quantitative estimate of drug-likeness (QED) is 0.128. The third kappa shape index (κ3) is 8.98. The van der Waals surface area contributed by atoms with E-state index in [-0.39, 0.29) is 16.6 Å². The first kappa shape index (κ1) is 48.7. The smallest absolute Gasteiger partial charge is 0.127 e. The number of nitrogen functional groups attached to an aromatic ring is 1. The van der Waals surface area contributed by atoms with E-state index in [0.717, 1.165) is 81.4 Å². The van der Waals surface area contributed by atoms with Gasteiger partial charge in [0.1, 0.15) is 5.82 Å². The zero-order valence-corrected chi connectivity index (χ0v) is 46.2. The van der Waals surface area contributed by atoms with Gasteiger partial charge in [0.15, 0.2) is 0 Å². The first-order valence-electron chi connectivity index (χ1n) is 25.9. The van der Waals surface area contributed by atoms with Crippen LogP contribution in [0.1, 0.15) is 111 Å². The van der Waals surface area contributed by atoms with Crippen molar-refractivity contribution < 1.29 is 4.39 Å². The minimum Gasteiger partial charge on any atom is -0.399 e. The number of halogens is 1. The van der Waals surface area contributed by atoms with Gasteiger partial charge in [-0.3, -0.25) is 0 Å². The second-order valence-electron chi connectivity index (χ2n) is 22.8. The van der Waals surface area contributed by atoms with Crippen molar-refractivity contribution in [1.82, 2.24) is 4.57 Å². The Labute approximate surface area is 437 Å². The highest BCUT2D eigenvalue weighted by Gasteiger charge is 2.34. The van der Waals surface area contributed by atoms with E-state index in [4.69, 9.17) is 5.73 Å². The van der Waals surface area contributed by atoms with E-state index in [1.807, 2.05) is 6.07 Å². The van der Waals surface area contributed by atoms with Crippen LogP contribution in [0.4, 0.5) is 44.2 Å². The van der Waals surface area contributed by atoms with Crippen molar-refractivity contribution in [3.05, 3.63) is 207 Å². The molecule has 1 aliphatic heterocycles. The maximum atomic E-state index is 16.2. The lowest BCUT2D eigenvalue weighted by atomic mass is 9.81. The molecule has 7 heteroatoms. The number of fused-ring (bicyclic) bond motifs is 5. The molecule has 0 saturated heterocycles. The fraction of sp³-hybridized carbons (Fsp3) is 0.242. The molecule has 0 fully saturated rings. The lowest BCUT2D eigenvalue weighted by molar-refractivity contribution is 0.585. The zero-order valence-electron chi connectivity index (χ0n) is 43.8. The molecule has 0 saturated carbocycles. The van der Waals surface area contributed by atoms with Crippen molar-refractivity contribution in [2.75, 3.05) is 15.5 Å². The molecule has 2 unspecified atom stereocenters. The van der Waals surface area contributed by atoms with Crippen molar-refractivity contribution in [1.29, 1.82) is 0 Å². The van der Waals surface area contributed by atoms with E-state index in [1.165, 1.54) is 78.5 Å². The Morgan fingerprint density at radius 3 is 2.05 bits per heavy atom. The van der Waals surface area contributed by atoms with E-state index in [9.17, 15) is 0 Å². The molecule has 0 bridgehead atoms. The molecule has 0 spiro atoms. The molecule has 8 aromatic rings. The van der Waals surface area contributed by atoms with Crippen LogP contribution in [0.5, 0.6) is 0 Å². The third-order valence-electron chi connectivity index (χ3n) is 15.3. The number of anilines is 7. The number of hydrogen-bond acceptors (Lipinski definition) is 3. The van der Waals surface area contributed by atoms with Crippen LogP contribution in [0.25, 0.3) is 33.8 Å². The molecule has 0 radical (unpaired) electrons. The van der Waals surface area contributed by atoms with Gasteiger partial charge < -0.3 is 20.1 Å². The number of allylic oxidation sites excluding steroid dienone is 5. The molecule has 7 aromatic carbocycles. The van der Waals surface area contributed by atoms with Crippen LogP contribution in [0.2, 0.25) is 0 Å². The third-order valence-corrected chi connectivity index (χ3v) is 16.0. The second kappa shape index (κ2) is 18.5. The van der Waals surface area contributed by atoms with Crippen molar-refractivity contribution in [3.8, 4) is 16.8 Å². The molecule has 368 valence electrons. The lowest BCUT2D eigenvalue weighted by Gasteiger charge is -2.39. The van der Waals surface area contributed by atoms with Crippen LogP contribution in [-0.4, -0.2) is 4.57 Å². The number of hydrogen-bond donors (Lipinski definition) is 1. The van der Waals surface area contributed by atoms with Gasteiger partial charge in [-0.2, -0.15) is 0 Å². The number of benzene rings is 7. The maximum absolute atomic E-state index is 16.2. The summed E-state index contributed by atoms with van der Waals surface area (Å²) in [5.41, 5.74) is 31.3. The summed E-state index contributed by atoms with van der Waals surface area (Å²) in [7, 11) is 5.92. The van der Waals surface area contributed by atoms with Gasteiger partial charge in [-0.25, -0.2) is 4.39 Å². The standard InChI is InChI=1S/C66H67FN4P2/c1-39-24-41(3)61(37-57(39)65(4,5)6)70(49-30-47(67)29-48(68)31-49)63-34-51(35-64-56(63)28-46-25-40(2)58(66(7,8)9)38-62(46)71(64)50-32-52(72)36-53(73)33-50)69-59-22-20-44(42-16-12-10-13-17-42)26-54(59)55-27-45(21-23-60(55)69)43-18-14-11-15-19-43/h10-14,16-18,20,22,24-27,29-38H,15,19,21,23,28,68,72-73H2,1-9H3. The molecule has 3 aliphatic rings. The molecule has 1 aromatic heterocycles. The minimum atomic E-state index is -0.376. The van der Waals surface area contributed by atoms with Crippen LogP contribution in [0.15, 0.2) is 151 Å². The fourth-order valence-electron chi connectivity index (χ4n) is 12.2. The summed E-state index contributed by atoms with van der Waals surface area (Å²) in [4.78, 5) is 4.82. The summed E-state index contributed by atoms with van der Waals surface area (Å²) < 4.78 is 18.7. The van der Waals surface area contributed by atoms with E-state index in [0.29, 0.717) is 17.8 Å².